The zero-order valence-electron chi connectivity index (χ0n) is 39.2. The van der Waals surface area contributed by atoms with E-state index >= 15 is 0 Å². The average molecular weight is 1470 g/mol. The van der Waals surface area contributed by atoms with Crippen molar-refractivity contribution < 1.29 is 92.4 Å². The summed E-state index contributed by atoms with van der Waals surface area (Å²) in [7, 11) is -3.58. The van der Waals surface area contributed by atoms with E-state index in [1.54, 1.807) is 0 Å². The molecule has 0 spiro atoms. The second kappa shape index (κ2) is 31.3. The van der Waals surface area contributed by atoms with Crippen LogP contribution in [0.1, 0.15) is 22.3 Å². The van der Waals surface area contributed by atoms with E-state index in [-0.39, 0.29) is 0 Å². The van der Waals surface area contributed by atoms with Crippen molar-refractivity contribution in [1.29, 1.82) is 0 Å². The Morgan fingerprint density at radius 3 is 0.595 bits per heavy atom. The van der Waals surface area contributed by atoms with Crippen LogP contribution in [0.15, 0.2) is 231 Å². The fourth-order valence-electron chi connectivity index (χ4n) is 7.47. The van der Waals surface area contributed by atoms with Gasteiger partial charge in [0.05, 0.1) is 12.3 Å². The van der Waals surface area contributed by atoms with Gasteiger partial charge in [0.1, 0.15) is 46.4 Å². The van der Waals surface area contributed by atoms with E-state index in [0.29, 0.717) is 0 Å². The van der Waals surface area contributed by atoms with Crippen LogP contribution in [-0.2, 0) is 87.9 Å². The summed E-state index contributed by atoms with van der Waals surface area (Å²) in [6, 6.07) is 84.5. The van der Waals surface area contributed by atoms with Gasteiger partial charge in [-0.2, -0.15) is 0 Å². The van der Waals surface area contributed by atoms with E-state index in [1.807, 2.05) is 56.4 Å². The quantitative estimate of drug-likeness (QED) is 0.0964. The second-order valence-corrected chi connectivity index (χ2v) is 39.3. The van der Waals surface area contributed by atoms with Gasteiger partial charge in [0.2, 0.25) is 0 Å². The van der Waals surface area contributed by atoms with Crippen molar-refractivity contribution in [3.05, 3.63) is 253 Å². The Hall–Kier alpha value is -3.14. The SMILES string of the molecule is Cc1ccc(C[P+](c2ccccc2)(c2ccccc2)c2ccccc2)cc1.Cc1ccc(C[P+](c2ccccc2)(c2ccccc2)c2ccccc2)cc1.[O]=[Mn](=[O])([O-])[Br].[O]=[Mn](=[O])([O-])[Br].[O]=[Mn](=[O])([OH])[Br].[O]=[Mn](=[O])([OH])[Br]. The van der Waals surface area contributed by atoms with Crippen LogP contribution in [0.4, 0.5) is 0 Å². The standard InChI is InChI=1S/2C26H24P.4BrH.4Mn.2H2O.10O/c2*1-22-17-19-23(20-18-22)21-27(24-11-5-2-6-12-24,25-13-7-3-8-14-25)26-15-9-4-10-16-26;;;;;;;;;;;;;;;;;;;;/h2*2-20H,21H2,1H3;4*1H;;;;;2*1H2;;;;;;;;;;/q2*+1;;;;;2*+1;2*+2;;;;;;;;;;;2*-1/p-6. The van der Waals surface area contributed by atoms with Crippen LogP contribution < -0.4 is 40.2 Å². The molecule has 396 valence electrons. The maximum absolute atomic E-state index is 9.16. The molecule has 0 radical (unpaired) electrons. The van der Waals surface area contributed by atoms with Crippen molar-refractivity contribution in [2.75, 3.05) is 0 Å². The number of halogens is 4. The first kappa shape index (κ1) is 65.1. The molecule has 0 atom stereocenters. The van der Waals surface area contributed by atoms with Gasteiger partial charge >= 0.3 is 149 Å². The minimum atomic E-state index is -4.56. The van der Waals surface area contributed by atoms with Gasteiger partial charge in [0.25, 0.3) is 0 Å². The van der Waals surface area contributed by atoms with Gasteiger partial charge in [-0.3, -0.25) is 0 Å². The van der Waals surface area contributed by atoms with Crippen LogP contribution in [0.5, 0.6) is 0 Å². The van der Waals surface area contributed by atoms with Gasteiger partial charge in [-0.25, -0.2) is 0 Å². The Labute approximate surface area is 469 Å². The normalized spacial score (nSPS) is 11.4. The fourth-order valence-corrected chi connectivity index (χ4v) is 16.0. The van der Waals surface area contributed by atoms with Gasteiger partial charge in [-0.05, 0) is 97.8 Å². The van der Waals surface area contributed by atoms with Crippen LogP contribution in [-0.4, -0.2) is 8.38 Å². The van der Waals surface area contributed by atoms with Crippen molar-refractivity contribution in [1.82, 2.24) is 0 Å². The van der Waals surface area contributed by atoms with Crippen molar-refractivity contribution >= 4 is 103 Å². The number of rotatable bonds is 10. The monoisotopic (exact) mass is 1460 g/mol. The molecule has 8 aromatic rings. The molecule has 22 heteroatoms. The number of hydrogen-bond acceptors (Lipinski definition) is 10. The van der Waals surface area contributed by atoms with Gasteiger partial charge in [-0.15, -0.1) is 0 Å². The predicted molar refractivity (Wildman–Crippen MR) is 286 cm³/mol. The van der Waals surface area contributed by atoms with E-state index in [0.717, 1.165) is 12.3 Å². The Bertz CT molecular complexity index is 2850. The second-order valence-electron chi connectivity index (χ2n) is 15.4. The Balaban J connectivity index is 0.000000287. The van der Waals surface area contributed by atoms with E-state index in [1.165, 1.54) is 54.1 Å². The third-order valence-corrected chi connectivity index (χ3v) is 19.0. The molecule has 0 unspecified atom stereocenters. The molecule has 2 N–H and O–H groups in total. The predicted octanol–water partition coefficient (Wildman–Crippen LogP) is 9.91. The van der Waals surface area contributed by atoms with Crippen LogP contribution in [0.3, 0.4) is 0 Å². The third kappa shape index (κ3) is 25.8. The molecule has 0 aromatic heterocycles. The molecule has 12 nitrogen and oxygen atoms in total. The summed E-state index contributed by atoms with van der Waals surface area (Å²) < 4.78 is 106. The first-order chi connectivity index (χ1) is 34.6. The molecule has 0 aliphatic rings. The zero-order valence-corrected chi connectivity index (χ0v) is 52.1. The summed E-state index contributed by atoms with van der Waals surface area (Å²) in [5.41, 5.74) is 5.40. The summed E-state index contributed by atoms with van der Waals surface area (Å²) in [6.45, 7) is 4.30. The van der Waals surface area contributed by atoms with Gasteiger partial charge < -0.3 is 0 Å². The van der Waals surface area contributed by atoms with Gasteiger partial charge in [-0.1, -0.05) is 169 Å². The molecule has 0 fully saturated rings. The van der Waals surface area contributed by atoms with Gasteiger partial charge in [0, 0.05) is 0 Å². The van der Waals surface area contributed by atoms with Crippen LogP contribution >= 0.6 is 71.0 Å². The van der Waals surface area contributed by atoms with Crippen molar-refractivity contribution in [3.63, 3.8) is 0 Å². The minimum absolute atomic E-state index is 1.03. The van der Waals surface area contributed by atoms with Crippen molar-refractivity contribution in [2.24, 2.45) is 0 Å². The molecule has 0 aliphatic heterocycles. The number of aryl methyl sites for hydroxylation is 2. The van der Waals surface area contributed by atoms with Gasteiger partial charge in [0.15, 0.2) is 0 Å². The molecular weight excluding hydrogens is 1420 g/mol. The molecule has 0 saturated carbocycles. The molecule has 0 amide bonds. The molecule has 74 heavy (non-hydrogen) atoms. The molecule has 0 saturated heterocycles. The van der Waals surface area contributed by atoms with Crippen molar-refractivity contribution in [3.8, 4) is 0 Å². The Kier molecular flexibility index (Phi) is 27.6. The summed E-state index contributed by atoms with van der Waals surface area (Å²) >= 11 is -10.1. The summed E-state index contributed by atoms with van der Waals surface area (Å²) in [4.78, 5) is 0. The first-order valence-corrected chi connectivity index (χ1v) is 42.7. The summed E-state index contributed by atoms with van der Waals surface area (Å²) in [6.07, 6.45) is 2.07. The molecule has 0 bridgehead atoms. The fraction of sp³-hybridized carbons (Fsp3) is 0.0769. The number of hydrogen-bond donors (Lipinski definition) is 2. The molecule has 8 aromatic carbocycles. The maximum atomic E-state index is 9.16. The van der Waals surface area contributed by atoms with E-state index in [4.69, 9.17) is 47.4 Å². The topological polar surface area (TPSA) is 223 Å². The zero-order chi connectivity index (χ0) is 55.1. The first-order valence-electron chi connectivity index (χ1n) is 21.2. The summed E-state index contributed by atoms with van der Waals surface area (Å²) in [5, 5.41) is 8.60. The van der Waals surface area contributed by atoms with E-state index < -0.39 is 59.4 Å². The number of benzene rings is 8. The van der Waals surface area contributed by atoms with Crippen LogP contribution in [0, 0.1) is 13.8 Å². The van der Waals surface area contributed by atoms with Crippen LogP contribution in [0.2, 0.25) is 0 Å². The molecule has 8 rings (SSSR count). The summed E-state index contributed by atoms with van der Waals surface area (Å²) in [5.74, 6) is 0. The molecular formula is C52H50Br4Mn4O12P2. The average Bonchev–Trinajstić information content (AvgIpc) is 3.34. The third-order valence-electron chi connectivity index (χ3n) is 10.3. The Morgan fingerprint density at radius 2 is 0.459 bits per heavy atom. The van der Waals surface area contributed by atoms with E-state index in [9.17, 15) is 0 Å². The van der Waals surface area contributed by atoms with Crippen molar-refractivity contribution in [2.45, 2.75) is 26.2 Å². The Morgan fingerprint density at radius 1 is 0.324 bits per heavy atom. The molecule has 0 heterocycles. The molecule has 0 aliphatic carbocycles. The van der Waals surface area contributed by atoms with E-state index in [2.05, 4.69) is 244 Å². The van der Waals surface area contributed by atoms with Crippen LogP contribution in [0.25, 0.3) is 0 Å².